The summed E-state index contributed by atoms with van der Waals surface area (Å²) in [4.78, 5) is 16.2. The van der Waals surface area contributed by atoms with E-state index in [1.807, 2.05) is 50.2 Å². The summed E-state index contributed by atoms with van der Waals surface area (Å²) in [6.45, 7) is 4.39. The van der Waals surface area contributed by atoms with Crippen LogP contribution < -0.4 is 10.1 Å². The highest BCUT2D eigenvalue weighted by atomic mass is 16.5. The van der Waals surface area contributed by atoms with Crippen molar-refractivity contribution in [3.05, 3.63) is 59.9 Å². The van der Waals surface area contributed by atoms with Gasteiger partial charge in [0.15, 0.2) is 6.10 Å². The maximum Gasteiger partial charge on any atom is 0.261 e. The number of aromatic nitrogens is 1. The number of rotatable bonds is 6. The summed E-state index contributed by atoms with van der Waals surface area (Å²) in [5.74, 6) is 0.612. The van der Waals surface area contributed by atoms with E-state index >= 15 is 0 Å². The van der Waals surface area contributed by atoms with E-state index in [0.717, 1.165) is 16.9 Å². The van der Waals surface area contributed by atoms with Crippen molar-refractivity contribution >= 4 is 5.91 Å². The van der Waals surface area contributed by atoms with Gasteiger partial charge in [-0.25, -0.2) is 0 Å². The van der Waals surface area contributed by atoms with Crippen LogP contribution in [0.3, 0.4) is 0 Å². The molecule has 1 atom stereocenters. The molecule has 0 aliphatic carbocycles. The highest BCUT2D eigenvalue weighted by Crippen LogP contribution is 2.15. The van der Waals surface area contributed by atoms with Gasteiger partial charge in [-0.05, 0) is 42.7 Å². The van der Waals surface area contributed by atoms with Crippen LogP contribution in [0.4, 0.5) is 0 Å². The molecule has 0 saturated heterocycles. The fraction of sp³-hybridized carbons (Fsp3) is 0.294. The minimum atomic E-state index is -0.483. The van der Waals surface area contributed by atoms with Crippen LogP contribution in [0.1, 0.15) is 24.5 Å². The number of nitrogens with zero attached hydrogens (tertiary/aromatic N) is 1. The largest absolute Gasteiger partial charge is 0.481 e. The van der Waals surface area contributed by atoms with Gasteiger partial charge in [-0.15, -0.1) is 0 Å². The van der Waals surface area contributed by atoms with E-state index in [-0.39, 0.29) is 5.91 Å². The number of carbonyl (C=O) groups is 1. The normalized spacial score (nSPS) is 11.7. The van der Waals surface area contributed by atoms with Crippen molar-refractivity contribution in [3.63, 3.8) is 0 Å². The van der Waals surface area contributed by atoms with Crippen molar-refractivity contribution in [2.45, 2.75) is 32.9 Å². The second-order valence-electron chi connectivity index (χ2n) is 4.91. The zero-order chi connectivity index (χ0) is 15.1. The lowest BCUT2D eigenvalue weighted by molar-refractivity contribution is -0.128. The van der Waals surface area contributed by atoms with E-state index < -0.39 is 6.10 Å². The Bertz CT molecular complexity index is 584. The van der Waals surface area contributed by atoms with Gasteiger partial charge in [-0.2, -0.15) is 0 Å². The number of nitrogens with one attached hydrogen (secondary N) is 1. The van der Waals surface area contributed by atoms with Crippen molar-refractivity contribution in [1.82, 2.24) is 10.3 Å². The third kappa shape index (κ3) is 4.60. The second-order valence-corrected chi connectivity index (χ2v) is 4.91. The molecule has 1 N–H and O–H groups in total. The number of hydrogen-bond acceptors (Lipinski definition) is 3. The smallest absolute Gasteiger partial charge is 0.261 e. The molecule has 0 radical (unpaired) electrons. The Morgan fingerprint density at radius 2 is 2.19 bits per heavy atom. The van der Waals surface area contributed by atoms with Crippen LogP contribution in [0.15, 0.2) is 48.8 Å². The molecule has 1 amide bonds. The first-order valence-corrected chi connectivity index (χ1v) is 7.09. The van der Waals surface area contributed by atoms with Gasteiger partial charge in [0.25, 0.3) is 5.91 Å². The van der Waals surface area contributed by atoms with Crippen LogP contribution in [0, 0.1) is 6.92 Å². The third-order valence-corrected chi connectivity index (χ3v) is 3.12. The average molecular weight is 284 g/mol. The van der Waals surface area contributed by atoms with Gasteiger partial charge < -0.3 is 10.1 Å². The SMILES string of the molecule is CC[C@@H](Oc1cccc(C)c1)C(=O)NCc1cccnc1. The Morgan fingerprint density at radius 3 is 2.86 bits per heavy atom. The maximum absolute atomic E-state index is 12.2. The quantitative estimate of drug-likeness (QED) is 0.887. The minimum Gasteiger partial charge on any atom is -0.481 e. The van der Waals surface area contributed by atoms with E-state index in [0.29, 0.717) is 13.0 Å². The lowest BCUT2D eigenvalue weighted by Gasteiger charge is -2.17. The molecule has 1 aromatic heterocycles. The van der Waals surface area contributed by atoms with Gasteiger partial charge in [-0.1, -0.05) is 25.1 Å². The molecule has 2 rings (SSSR count). The molecule has 0 aliphatic rings. The lowest BCUT2D eigenvalue weighted by Crippen LogP contribution is -2.37. The first-order valence-electron chi connectivity index (χ1n) is 7.09. The number of ether oxygens (including phenoxy) is 1. The van der Waals surface area contributed by atoms with E-state index in [1.54, 1.807) is 12.4 Å². The molecule has 0 fully saturated rings. The van der Waals surface area contributed by atoms with Crippen LogP contribution >= 0.6 is 0 Å². The van der Waals surface area contributed by atoms with Crippen LogP contribution in [-0.4, -0.2) is 17.0 Å². The summed E-state index contributed by atoms with van der Waals surface area (Å²) in [5, 5.41) is 2.88. The van der Waals surface area contributed by atoms with Crippen molar-refractivity contribution < 1.29 is 9.53 Å². The van der Waals surface area contributed by atoms with E-state index in [4.69, 9.17) is 4.74 Å². The van der Waals surface area contributed by atoms with Gasteiger partial charge in [0.2, 0.25) is 0 Å². The Morgan fingerprint density at radius 1 is 1.33 bits per heavy atom. The van der Waals surface area contributed by atoms with E-state index in [1.165, 1.54) is 0 Å². The number of amides is 1. The third-order valence-electron chi connectivity index (χ3n) is 3.12. The Kier molecular flexibility index (Phi) is 5.32. The Hall–Kier alpha value is -2.36. The van der Waals surface area contributed by atoms with Gasteiger partial charge in [0.05, 0.1) is 0 Å². The van der Waals surface area contributed by atoms with Crippen LogP contribution in [-0.2, 0) is 11.3 Å². The molecule has 1 heterocycles. The molecule has 110 valence electrons. The van der Waals surface area contributed by atoms with Crippen molar-refractivity contribution in [2.24, 2.45) is 0 Å². The van der Waals surface area contributed by atoms with Crippen LogP contribution in [0.25, 0.3) is 0 Å². The van der Waals surface area contributed by atoms with E-state index in [2.05, 4.69) is 10.3 Å². The molecule has 4 heteroatoms. The first-order chi connectivity index (χ1) is 10.2. The summed E-state index contributed by atoms with van der Waals surface area (Å²) in [6, 6.07) is 11.5. The monoisotopic (exact) mass is 284 g/mol. The fourth-order valence-electron chi connectivity index (χ4n) is 1.98. The molecule has 0 unspecified atom stereocenters. The predicted octanol–water partition coefficient (Wildman–Crippen LogP) is 2.86. The molecule has 4 nitrogen and oxygen atoms in total. The molecule has 2 aromatic rings. The van der Waals surface area contributed by atoms with Gasteiger partial charge >= 0.3 is 0 Å². The predicted molar refractivity (Wildman–Crippen MR) is 82.0 cm³/mol. The summed E-state index contributed by atoms with van der Waals surface area (Å²) < 4.78 is 5.77. The molecule has 0 saturated carbocycles. The topological polar surface area (TPSA) is 51.2 Å². The summed E-state index contributed by atoms with van der Waals surface area (Å²) >= 11 is 0. The van der Waals surface area contributed by atoms with Crippen molar-refractivity contribution in [2.75, 3.05) is 0 Å². The van der Waals surface area contributed by atoms with Crippen LogP contribution in [0.2, 0.25) is 0 Å². The molecule has 0 spiro atoms. The van der Waals surface area contributed by atoms with Crippen molar-refractivity contribution in [3.8, 4) is 5.75 Å². The minimum absolute atomic E-state index is 0.108. The Balaban J connectivity index is 1.92. The zero-order valence-electron chi connectivity index (χ0n) is 12.4. The standard InChI is InChI=1S/C17H20N2O2/c1-3-16(21-15-8-4-6-13(2)10-15)17(20)19-12-14-7-5-9-18-11-14/h4-11,16H,3,12H2,1-2H3,(H,19,20)/t16-/m1/s1. The lowest BCUT2D eigenvalue weighted by atomic mass is 10.2. The number of benzene rings is 1. The summed E-state index contributed by atoms with van der Waals surface area (Å²) in [7, 11) is 0. The van der Waals surface area contributed by atoms with Crippen LogP contribution in [0.5, 0.6) is 5.75 Å². The molecule has 0 aliphatic heterocycles. The van der Waals surface area contributed by atoms with Gasteiger partial charge in [0, 0.05) is 18.9 Å². The number of hydrogen-bond donors (Lipinski definition) is 1. The maximum atomic E-state index is 12.2. The number of pyridine rings is 1. The van der Waals surface area contributed by atoms with Gasteiger partial charge in [-0.3, -0.25) is 9.78 Å². The molecule has 21 heavy (non-hydrogen) atoms. The Labute approximate surface area is 125 Å². The molecule has 0 bridgehead atoms. The second kappa shape index (κ2) is 7.43. The number of aryl methyl sites for hydroxylation is 1. The van der Waals surface area contributed by atoms with E-state index in [9.17, 15) is 4.79 Å². The molecular weight excluding hydrogens is 264 g/mol. The zero-order valence-corrected chi connectivity index (χ0v) is 12.4. The molecular formula is C17H20N2O2. The first kappa shape index (κ1) is 15.0. The van der Waals surface area contributed by atoms with Gasteiger partial charge in [0.1, 0.15) is 5.75 Å². The fourth-order valence-corrected chi connectivity index (χ4v) is 1.98. The van der Waals surface area contributed by atoms with Crippen molar-refractivity contribution in [1.29, 1.82) is 0 Å². The summed E-state index contributed by atoms with van der Waals surface area (Å²) in [5.41, 5.74) is 2.08. The number of carbonyl (C=O) groups excluding carboxylic acids is 1. The highest BCUT2D eigenvalue weighted by molar-refractivity contribution is 5.81. The molecule has 1 aromatic carbocycles. The average Bonchev–Trinajstić information content (AvgIpc) is 2.51. The highest BCUT2D eigenvalue weighted by Gasteiger charge is 2.17. The summed E-state index contributed by atoms with van der Waals surface area (Å²) in [6.07, 6.45) is 3.58.